The number of carbonyl (C=O) groups is 1. The first-order chi connectivity index (χ1) is 14.6. The number of rotatable bonds is 7. The molecule has 1 aromatic carbocycles. The van der Waals surface area contributed by atoms with Gasteiger partial charge in [0.15, 0.2) is 5.65 Å². The highest BCUT2D eigenvalue weighted by molar-refractivity contribution is 6.29. The number of hydrogen-bond donors (Lipinski definition) is 2. The predicted molar refractivity (Wildman–Crippen MR) is 113 cm³/mol. The lowest BCUT2D eigenvalue weighted by Gasteiger charge is -2.14. The minimum absolute atomic E-state index is 0.154. The molecule has 166 valence electrons. The van der Waals surface area contributed by atoms with Crippen LogP contribution in [0.1, 0.15) is 53.9 Å². The van der Waals surface area contributed by atoms with E-state index in [0.29, 0.717) is 42.0 Å². The van der Waals surface area contributed by atoms with Crippen LogP contribution in [0.25, 0.3) is 5.65 Å². The van der Waals surface area contributed by atoms with E-state index in [2.05, 4.69) is 15.4 Å². The van der Waals surface area contributed by atoms with Crippen molar-refractivity contribution in [3.8, 4) is 0 Å². The van der Waals surface area contributed by atoms with Crippen molar-refractivity contribution in [1.82, 2.24) is 19.9 Å². The normalized spacial score (nSPS) is 12.8. The molecule has 2 aromatic heterocycles. The van der Waals surface area contributed by atoms with E-state index in [1.54, 1.807) is 10.6 Å². The van der Waals surface area contributed by atoms with Gasteiger partial charge >= 0.3 is 6.18 Å². The molecule has 0 aliphatic heterocycles. The molecule has 3 N–H and O–H groups in total. The van der Waals surface area contributed by atoms with E-state index in [4.69, 9.17) is 17.3 Å². The number of nitrogens with zero attached hydrogens (tertiary/aromatic N) is 3. The summed E-state index contributed by atoms with van der Waals surface area (Å²) in [6.07, 6.45) is -0.449. The molecular weight excluding hydrogens is 431 g/mol. The Hall–Kier alpha value is -2.81. The van der Waals surface area contributed by atoms with Gasteiger partial charge in [-0.25, -0.2) is 9.50 Å². The molecule has 0 spiro atoms. The van der Waals surface area contributed by atoms with Gasteiger partial charge in [-0.3, -0.25) is 4.79 Å². The van der Waals surface area contributed by atoms with Crippen LogP contribution in [0.2, 0.25) is 5.15 Å². The maximum Gasteiger partial charge on any atom is 0.418 e. The van der Waals surface area contributed by atoms with Crippen LogP contribution in [0.15, 0.2) is 30.5 Å². The Morgan fingerprint density at radius 2 is 2.06 bits per heavy atom. The van der Waals surface area contributed by atoms with Gasteiger partial charge < -0.3 is 11.1 Å². The largest absolute Gasteiger partial charge is 0.418 e. The van der Waals surface area contributed by atoms with Crippen molar-refractivity contribution in [2.75, 3.05) is 5.73 Å². The summed E-state index contributed by atoms with van der Waals surface area (Å²) in [5.41, 5.74) is 6.72. The minimum atomic E-state index is -4.46. The first-order valence-electron chi connectivity index (χ1n) is 9.89. The Labute approximate surface area is 182 Å². The average molecular weight is 454 g/mol. The number of carbonyl (C=O) groups excluding carboxylic acids is 1. The van der Waals surface area contributed by atoms with Crippen LogP contribution >= 0.6 is 11.6 Å². The molecule has 1 atom stereocenters. The van der Waals surface area contributed by atoms with E-state index in [0.717, 1.165) is 17.3 Å². The third kappa shape index (κ3) is 5.28. The molecule has 1 amide bonds. The molecule has 3 aromatic rings. The zero-order valence-corrected chi connectivity index (χ0v) is 17.9. The summed E-state index contributed by atoms with van der Waals surface area (Å²) in [7, 11) is 0. The fourth-order valence-electron chi connectivity index (χ4n) is 3.42. The smallest absolute Gasteiger partial charge is 0.398 e. The van der Waals surface area contributed by atoms with Gasteiger partial charge in [0, 0.05) is 17.4 Å². The average Bonchev–Trinajstić information content (AvgIpc) is 3.10. The predicted octanol–water partition coefficient (Wildman–Crippen LogP) is 4.69. The highest BCUT2D eigenvalue weighted by Crippen LogP contribution is 2.34. The molecule has 0 saturated carbocycles. The van der Waals surface area contributed by atoms with Crippen molar-refractivity contribution in [2.24, 2.45) is 0 Å². The standard InChI is InChI=1S/C21H23ClF3N5O/c1-3-14-10-18(22)29-19-15(11-27-30(14)19)20(31)28-12(2)5-4-6-13-7-8-16(17(26)9-13)21(23,24)25/h7-12H,3-6,26H2,1-2H3,(H,28,31)/t12-/m1/s1. The van der Waals surface area contributed by atoms with Crippen LogP contribution in [-0.4, -0.2) is 26.5 Å². The maximum absolute atomic E-state index is 12.8. The Balaban J connectivity index is 1.59. The molecule has 0 aliphatic rings. The molecule has 0 unspecified atom stereocenters. The summed E-state index contributed by atoms with van der Waals surface area (Å²) < 4.78 is 40.0. The molecule has 0 saturated heterocycles. The van der Waals surface area contributed by atoms with Crippen LogP contribution in [0.5, 0.6) is 0 Å². The molecule has 10 heteroatoms. The van der Waals surface area contributed by atoms with Crippen molar-refractivity contribution in [3.05, 3.63) is 58.0 Å². The second-order valence-electron chi connectivity index (χ2n) is 7.40. The molecule has 31 heavy (non-hydrogen) atoms. The number of halogens is 4. The van der Waals surface area contributed by atoms with Crippen molar-refractivity contribution in [1.29, 1.82) is 0 Å². The Bertz CT molecular complexity index is 1100. The fourth-order valence-corrected chi connectivity index (χ4v) is 3.62. The van der Waals surface area contributed by atoms with Crippen molar-refractivity contribution in [2.45, 2.75) is 51.7 Å². The Kier molecular flexibility index (Phi) is 6.74. The van der Waals surface area contributed by atoms with E-state index < -0.39 is 11.7 Å². The van der Waals surface area contributed by atoms with Crippen LogP contribution in [0, 0.1) is 0 Å². The third-order valence-corrected chi connectivity index (χ3v) is 5.22. The topological polar surface area (TPSA) is 85.3 Å². The number of nitrogens with two attached hydrogens (primary N) is 1. The van der Waals surface area contributed by atoms with Crippen molar-refractivity contribution < 1.29 is 18.0 Å². The summed E-state index contributed by atoms with van der Waals surface area (Å²) in [5.74, 6) is -0.307. The number of amides is 1. The Morgan fingerprint density at radius 1 is 1.32 bits per heavy atom. The number of anilines is 1. The highest BCUT2D eigenvalue weighted by atomic mass is 35.5. The number of hydrogen-bond acceptors (Lipinski definition) is 4. The second kappa shape index (κ2) is 9.13. The first kappa shape index (κ1) is 22.9. The molecule has 3 rings (SSSR count). The summed E-state index contributed by atoms with van der Waals surface area (Å²) in [6.45, 7) is 3.82. The number of aromatic nitrogens is 3. The van der Waals surface area contributed by atoms with E-state index in [1.807, 2.05) is 13.8 Å². The van der Waals surface area contributed by atoms with Gasteiger partial charge in [-0.15, -0.1) is 0 Å². The zero-order chi connectivity index (χ0) is 22.8. The molecular formula is C21H23ClF3N5O. The highest BCUT2D eigenvalue weighted by Gasteiger charge is 2.32. The third-order valence-electron chi connectivity index (χ3n) is 5.02. The van der Waals surface area contributed by atoms with Gasteiger partial charge in [-0.1, -0.05) is 24.6 Å². The van der Waals surface area contributed by atoms with Gasteiger partial charge in [0.1, 0.15) is 10.7 Å². The van der Waals surface area contributed by atoms with E-state index >= 15 is 0 Å². The van der Waals surface area contributed by atoms with Gasteiger partial charge in [0.2, 0.25) is 0 Å². The molecule has 6 nitrogen and oxygen atoms in total. The minimum Gasteiger partial charge on any atom is -0.398 e. The molecule has 0 bridgehead atoms. The van der Waals surface area contributed by atoms with E-state index in [1.165, 1.54) is 18.3 Å². The van der Waals surface area contributed by atoms with Gasteiger partial charge in [-0.2, -0.15) is 18.3 Å². The number of alkyl halides is 3. The first-order valence-corrected chi connectivity index (χ1v) is 10.3. The van der Waals surface area contributed by atoms with Crippen molar-refractivity contribution in [3.63, 3.8) is 0 Å². The number of nitrogens with one attached hydrogen (secondary N) is 1. The second-order valence-corrected chi connectivity index (χ2v) is 7.79. The number of aryl methyl sites for hydroxylation is 2. The van der Waals surface area contributed by atoms with Gasteiger partial charge in [-0.05, 0) is 56.4 Å². The Morgan fingerprint density at radius 3 is 2.71 bits per heavy atom. The van der Waals surface area contributed by atoms with Gasteiger partial charge in [0.05, 0.1) is 11.8 Å². The van der Waals surface area contributed by atoms with E-state index in [-0.39, 0.29) is 17.6 Å². The maximum atomic E-state index is 12.8. The summed E-state index contributed by atoms with van der Waals surface area (Å²) in [4.78, 5) is 16.9. The summed E-state index contributed by atoms with van der Waals surface area (Å²) >= 11 is 6.06. The SMILES string of the molecule is CCc1cc(Cl)nc2c(C(=O)N[C@H](C)CCCc3ccc(C(F)(F)F)c(N)c3)cnn12. The van der Waals surface area contributed by atoms with Crippen LogP contribution < -0.4 is 11.1 Å². The number of fused-ring (bicyclic) bond motifs is 1. The lowest BCUT2D eigenvalue weighted by atomic mass is 10.0. The number of benzene rings is 1. The summed E-state index contributed by atoms with van der Waals surface area (Å²) in [5, 5.41) is 7.44. The van der Waals surface area contributed by atoms with Gasteiger partial charge in [0.25, 0.3) is 5.91 Å². The quantitative estimate of drug-likeness (QED) is 0.401. The molecule has 0 aliphatic carbocycles. The van der Waals surface area contributed by atoms with Crippen LogP contribution in [0.3, 0.4) is 0 Å². The summed E-state index contributed by atoms with van der Waals surface area (Å²) in [6, 6.07) is 5.34. The monoisotopic (exact) mass is 453 g/mol. The lowest BCUT2D eigenvalue weighted by molar-refractivity contribution is -0.136. The molecule has 0 radical (unpaired) electrons. The van der Waals surface area contributed by atoms with Crippen molar-refractivity contribution >= 4 is 28.8 Å². The molecule has 2 heterocycles. The molecule has 0 fully saturated rings. The fraction of sp³-hybridized carbons (Fsp3) is 0.381. The lowest BCUT2D eigenvalue weighted by Crippen LogP contribution is -2.32. The number of nitrogen functional groups attached to an aromatic ring is 1. The van der Waals surface area contributed by atoms with Crippen LogP contribution in [0.4, 0.5) is 18.9 Å². The zero-order valence-electron chi connectivity index (χ0n) is 17.1. The van der Waals surface area contributed by atoms with E-state index in [9.17, 15) is 18.0 Å². The van der Waals surface area contributed by atoms with Crippen LogP contribution in [-0.2, 0) is 19.0 Å².